The van der Waals surface area contributed by atoms with E-state index in [4.69, 9.17) is 15.2 Å². The van der Waals surface area contributed by atoms with Gasteiger partial charge in [-0.1, -0.05) is 0 Å². The number of rotatable bonds is 5. The maximum atomic E-state index is 12.2. The molecule has 0 aromatic carbocycles. The highest BCUT2D eigenvalue weighted by Gasteiger charge is 2.36. The van der Waals surface area contributed by atoms with E-state index in [2.05, 4.69) is 5.32 Å². The molecule has 3 N–H and O–H groups in total. The van der Waals surface area contributed by atoms with Crippen molar-refractivity contribution in [1.29, 1.82) is 0 Å². The van der Waals surface area contributed by atoms with E-state index in [1.54, 1.807) is 0 Å². The number of nitrogens with two attached hydrogens (primary N) is 1. The van der Waals surface area contributed by atoms with Crippen molar-refractivity contribution in [2.24, 2.45) is 11.7 Å². The van der Waals surface area contributed by atoms with Gasteiger partial charge >= 0.3 is 6.09 Å². The van der Waals surface area contributed by atoms with E-state index in [1.165, 1.54) is 0 Å². The Kier molecular flexibility index (Phi) is 4.36. The van der Waals surface area contributed by atoms with E-state index in [9.17, 15) is 14.4 Å². The lowest BCUT2D eigenvalue weighted by atomic mass is 9.95. The van der Waals surface area contributed by atoms with Gasteiger partial charge in [0.1, 0.15) is 6.10 Å². The van der Waals surface area contributed by atoms with Gasteiger partial charge in [0.25, 0.3) is 0 Å². The van der Waals surface area contributed by atoms with Crippen molar-refractivity contribution in [1.82, 2.24) is 5.32 Å². The van der Waals surface area contributed by atoms with Crippen LogP contribution in [0.15, 0.2) is 0 Å². The van der Waals surface area contributed by atoms with Gasteiger partial charge in [-0.3, -0.25) is 9.59 Å². The van der Waals surface area contributed by atoms with Crippen LogP contribution in [-0.2, 0) is 19.1 Å². The quantitative estimate of drug-likeness (QED) is 0.714. The van der Waals surface area contributed by atoms with Gasteiger partial charge in [0.2, 0.25) is 11.7 Å². The van der Waals surface area contributed by atoms with Gasteiger partial charge in [-0.25, -0.2) is 4.79 Å². The van der Waals surface area contributed by atoms with Gasteiger partial charge in [0.15, 0.2) is 6.10 Å². The molecule has 19 heavy (non-hydrogen) atoms. The van der Waals surface area contributed by atoms with Crippen LogP contribution in [0.4, 0.5) is 4.79 Å². The Hall–Kier alpha value is -1.63. The number of ether oxygens (including phenoxy) is 2. The number of primary amides is 1. The first kappa shape index (κ1) is 13.8. The van der Waals surface area contributed by atoms with Crippen molar-refractivity contribution in [2.45, 2.75) is 37.9 Å². The lowest BCUT2D eigenvalue weighted by Gasteiger charge is -2.20. The first-order chi connectivity index (χ1) is 9.08. The number of hydrogen-bond donors (Lipinski definition) is 2. The van der Waals surface area contributed by atoms with Crippen molar-refractivity contribution in [2.75, 3.05) is 13.2 Å². The molecule has 7 heteroatoms. The number of carbonyl (C=O) groups excluding carboxylic acids is 3. The fourth-order valence-electron chi connectivity index (χ4n) is 2.50. The Morgan fingerprint density at radius 3 is 2.79 bits per heavy atom. The summed E-state index contributed by atoms with van der Waals surface area (Å²) in [5.41, 5.74) is 4.98. The third-order valence-corrected chi connectivity index (χ3v) is 3.48. The van der Waals surface area contributed by atoms with Gasteiger partial charge in [-0.15, -0.1) is 0 Å². The van der Waals surface area contributed by atoms with E-state index < -0.39 is 18.3 Å². The molecule has 106 valence electrons. The Morgan fingerprint density at radius 1 is 1.47 bits per heavy atom. The van der Waals surface area contributed by atoms with Crippen LogP contribution in [0.5, 0.6) is 0 Å². The number of hydrogen-bond acceptors (Lipinski definition) is 5. The van der Waals surface area contributed by atoms with Gasteiger partial charge in [-0.2, -0.15) is 0 Å². The summed E-state index contributed by atoms with van der Waals surface area (Å²) >= 11 is 0. The molecule has 0 bridgehead atoms. The summed E-state index contributed by atoms with van der Waals surface area (Å²) in [7, 11) is 0. The molecule has 1 unspecified atom stereocenters. The first-order valence-corrected chi connectivity index (χ1v) is 6.47. The summed E-state index contributed by atoms with van der Waals surface area (Å²) in [6, 6.07) is 0. The molecule has 0 spiro atoms. The SMILES string of the molecule is NC(=O)O[C@@H](C[C@@H]1CCNC1=O)C(=O)C1CCCO1. The summed E-state index contributed by atoms with van der Waals surface area (Å²) in [5, 5.41) is 2.68. The van der Waals surface area contributed by atoms with Crippen LogP contribution in [0.25, 0.3) is 0 Å². The standard InChI is InChI=1S/C12H18N2O5/c13-12(17)19-9(6-7-3-4-14-11(7)16)10(15)8-2-1-5-18-8/h7-9H,1-6H2,(H2,13,17)(H,14,16)/t7-,8?,9-/m0/s1. The van der Waals surface area contributed by atoms with Gasteiger partial charge in [0.05, 0.1) is 0 Å². The molecular weight excluding hydrogens is 252 g/mol. The molecule has 2 aliphatic heterocycles. The van der Waals surface area contributed by atoms with Crippen molar-refractivity contribution in [3.8, 4) is 0 Å². The zero-order chi connectivity index (χ0) is 13.8. The lowest BCUT2D eigenvalue weighted by molar-refractivity contribution is -0.138. The molecule has 3 atom stereocenters. The number of ketones is 1. The number of nitrogens with one attached hydrogen (secondary N) is 1. The predicted molar refractivity (Wildman–Crippen MR) is 64.2 cm³/mol. The summed E-state index contributed by atoms with van der Waals surface area (Å²) in [5.74, 6) is -0.719. The second-order valence-electron chi connectivity index (χ2n) is 4.84. The first-order valence-electron chi connectivity index (χ1n) is 6.47. The maximum Gasteiger partial charge on any atom is 0.405 e. The Bertz CT molecular complexity index is 378. The molecule has 0 aromatic rings. The fourth-order valence-corrected chi connectivity index (χ4v) is 2.50. The van der Waals surface area contributed by atoms with Crippen LogP contribution in [0, 0.1) is 5.92 Å². The van der Waals surface area contributed by atoms with E-state index in [0.717, 1.165) is 6.42 Å². The van der Waals surface area contributed by atoms with Crippen LogP contribution in [0.1, 0.15) is 25.7 Å². The third-order valence-electron chi connectivity index (χ3n) is 3.48. The Labute approximate surface area is 110 Å². The molecule has 0 radical (unpaired) electrons. The fraction of sp³-hybridized carbons (Fsp3) is 0.750. The van der Waals surface area contributed by atoms with Crippen molar-refractivity contribution < 1.29 is 23.9 Å². The highest BCUT2D eigenvalue weighted by Crippen LogP contribution is 2.22. The summed E-state index contributed by atoms with van der Waals surface area (Å²) in [6.45, 7) is 1.12. The maximum absolute atomic E-state index is 12.2. The minimum absolute atomic E-state index is 0.113. The monoisotopic (exact) mass is 270 g/mol. The molecule has 0 aromatic heterocycles. The number of amides is 2. The van der Waals surface area contributed by atoms with E-state index in [0.29, 0.717) is 26.0 Å². The second kappa shape index (κ2) is 6.01. The normalized spacial score (nSPS) is 27.9. The van der Waals surface area contributed by atoms with E-state index >= 15 is 0 Å². The smallest absolute Gasteiger partial charge is 0.405 e. The van der Waals surface area contributed by atoms with Crippen LogP contribution in [0.2, 0.25) is 0 Å². The van der Waals surface area contributed by atoms with Crippen molar-refractivity contribution in [3.63, 3.8) is 0 Å². The molecule has 2 heterocycles. The molecular formula is C12H18N2O5. The van der Waals surface area contributed by atoms with Crippen molar-refractivity contribution >= 4 is 17.8 Å². The van der Waals surface area contributed by atoms with Crippen LogP contribution in [-0.4, -0.2) is 43.1 Å². The zero-order valence-corrected chi connectivity index (χ0v) is 10.6. The van der Waals surface area contributed by atoms with E-state index in [1.807, 2.05) is 0 Å². The average Bonchev–Trinajstić information content (AvgIpc) is 2.99. The topological polar surface area (TPSA) is 108 Å². The van der Waals surface area contributed by atoms with Crippen molar-refractivity contribution in [3.05, 3.63) is 0 Å². The zero-order valence-electron chi connectivity index (χ0n) is 10.6. The average molecular weight is 270 g/mol. The van der Waals surface area contributed by atoms with Crippen LogP contribution >= 0.6 is 0 Å². The largest absolute Gasteiger partial charge is 0.438 e. The molecule has 2 aliphatic rings. The van der Waals surface area contributed by atoms with Gasteiger partial charge in [0, 0.05) is 25.5 Å². The minimum atomic E-state index is -1.00. The van der Waals surface area contributed by atoms with Gasteiger partial charge < -0.3 is 20.5 Å². The third kappa shape index (κ3) is 3.44. The summed E-state index contributed by atoms with van der Waals surface area (Å²) < 4.78 is 10.2. The lowest BCUT2D eigenvalue weighted by Crippen LogP contribution is -2.39. The predicted octanol–water partition coefficient (Wildman–Crippen LogP) is -0.275. The molecule has 7 nitrogen and oxygen atoms in total. The second-order valence-corrected chi connectivity index (χ2v) is 4.84. The highest BCUT2D eigenvalue weighted by atomic mass is 16.6. The minimum Gasteiger partial charge on any atom is -0.438 e. The molecule has 2 rings (SSSR count). The summed E-state index contributed by atoms with van der Waals surface area (Å²) in [6.07, 6.45) is -0.306. The van der Waals surface area contributed by atoms with Gasteiger partial charge in [-0.05, 0) is 19.3 Å². The Morgan fingerprint density at radius 2 is 2.26 bits per heavy atom. The van der Waals surface area contributed by atoms with Crippen LogP contribution in [0.3, 0.4) is 0 Å². The molecule has 2 saturated heterocycles. The van der Waals surface area contributed by atoms with E-state index in [-0.39, 0.29) is 24.0 Å². The highest BCUT2D eigenvalue weighted by molar-refractivity contribution is 5.90. The molecule has 0 saturated carbocycles. The summed E-state index contributed by atoms with van der Waals surface area (Å²) in [4.78, 5) is 34.6. The molecule has 0 aliphatic carbocycles. The molecule has 2 amide bonds. The number of carbonyl (C=O) groups is 3. The Balaban J connectivity index is 1.99. The number of Topliss-reactive ketones (excluding diaryl/α,β-unsaturated/α-hetero) is 1. The van der Waals surface area contributed by atoms with Crippen LogP contribution < -0.4 is 11.1 Å². The molecule has 2 fully saturated rings.